The lowest BCUT2D eigenvalue weighted by Crippen LogP contribution is -2.21. The average Bonchev–Trinajstić information content (AvgIpc) is 2.44. The van der Waals surface area contributed by atoms with Gasteiger partial charge in [-0.2, -0.15) is 0 Å². The van der Waals surface area contributed by atoms with Crippen LogP contribution in [0.1, 0.15) is 26.7 Å². The van der Waals surface area contributed by atoms with E-state index < -0.39 is 0 Å². The highest BCUT2D eigenvalue weighted by atomic mass is 14.7. The van der Waals surface area contributed by atoms with E-state index in [-0.39, 0.29) is 0 Å². The number of allylic oxidation sites excluding steroid dienone is 8. The van der Waals surface area contributed by atoms with Crippen LogP contribution in [0, 0.1) is 0 Å². The van der Waals surface area contributed by atoms with E-state index in [9.17, 15) is 0 Å². The third kappa shape index (κ3) is 1.92. The fraction of sp³-hybridized carbons (Fsp3) is 0.375. The smallest absolute Gasteiger partial charge is 0.0681 e. The molecule has 0 N–H and O–H groups in total. The third-order valence-corrected chi connectivity index (χ3v) is 3.52. The van der Waals surface area contributed by atoms with E-state index in [1.54, 1.807) is 0 Å². The molecule has 0 spiro atoms. The van der Waals surface area contributed by atoms with E-state index >= 15 is 0 Å². The molecule has 0 heterocycles. The summed E-state index contributed by atoms with van der Waals surface area (Å²) < 4.78 is 0. The summed E-state index contributed by atoms with van der Waals surface area (Å²) >= 11 is 0. The molecule has 0 amide bonds. The number of aliphatic imine (C=N–C) groups is 2. The van der Waals surface area contributed by atoms with Crippen LogP contribution in [0.4, 0.5) is 0 Å². The van der Waals surface area contributed by atoms with Gasteiger partial charge in [0.25, 0.3) is 0 Å². The zero-order valence-electron chi connectivity index (χ0n) is 11.6. The Hall–Kier alpha value is -1.70. The van der Waals surface area contributed by atoms with Crippen molar-refractivity contribution in [2.24, 2.45) is 9.98 Å². The lowest BCUT2D eigenvalue weighted by Gasteiger charge is -2.25. The van der Waals surface area contributed by atoms with Crippen LogP contribution in [0.5, 0.6) is 0 Å². The van der Waals surface area contributed by atoms with Gasteiger partial charge in [-0.25, -0.2) is 0 Å². The minimum absolute atomic E-state index is 1.01. The summed E-state index contributed by atoms with van der Waals surface area (Å²) in [6.07, 6.45) is 10.7. The van der Waals surface area contributed by atoms with Crippen molar-refractivity contribution in [2.75, 3.05) is 14.1 Å². The zero-order valence-corrected chi connectivity index (χ0v) is 11.6. The fourth-order valence-corrected chi connectivity index (χ4v) is 2.56. The van der Waals surface area contributed by atoms with Gasteiger partial charge in [0.1, 0.15) is 0 Å². The van der Waals surface area contributed by atoms with Crippen molar-refractivity contribution in [3.05, 3.63) is 46.6 Å². The summed E-state index contributed by atoms with van der Waals surface area (Å²) in [7, 11) is 3.73. The second-order valence-corrected chi connectivity index (χ2v) is 4.40. The molecule has 0 aliphatic heterocycles. The van der Waals surface area contributed by atoms with E-state index in [0.717, 1.165) is 24.3 Å². The van der Waals surface area contributed by atoms with Crippen LogP contribution in [0.25, 0.3) is 0 Å². The standard InChI is InChI=1S/C16H20N2/c1-5-11-7-9-14-13(15(11)17-3)10-8-12(6-2)16(14)18-4/h7-10H,5-6H2,1-4H3/b17-15+,18-16+. The summed E-state index contributed by atoms with van der Waals surface area (Å²) in [6.45, 7) is 4.34. The minimum Gasteiger partial charge on any atom is -0.288 e. The first-order chi connectivity index (χ1) is 8.76. The monoisotopic (exact) mass is 240 g/mol. The Morgan fingerprint density at radius 3 is 1.39 bits per heavy atom. The van der Waals surface area contributed by atoms with Crippen molar-refractivity contribution in [2.45, 2.75) is 26.7 Å². The number of nitrogens with zero attached hydrogens (tertiary/aromatic N) is 2. The van der Waals surface area contributed by atoms with Gasteiger partial charge in [-0.1, -0.05) is 38.2 Å². The van der Waals surface area contributed by atoms with Crippen molar-refractivity contribution in [3.63, 3.8) is 0 Å². The van der Waals surface area contributed by atoms with Gasteiger partial charge in [0.15, 0.2) is 0 Å². The molecule has 0 saturated carbocycles. The summed E-state index contributed by atoms with van der Waals surface area (Å²) in [5.74, 6) is 0. The Kier molecular flexibility index (Phi) is 3.75. The molecule has 2 rings (SSSR count). The Morgan fingerprint density at radius 1 is 0.722 bits per heavy atom. The SMILES string of the molecule is CCC1=CC=C2C(=CC=C(CC)/C2=N\C)/C1=N/C. The maximum Gasteiger partial charge on any atom is 0.0681 e. The van der Waals surface area contributed by atoms with Gasteiger partial charge < -0.3 is 0 Å². The molecule has 0 bridgehead atoms. The lowest BCUT2D eigenvalue weighted by atomic mass is 9.81. The van der Waals surface area contributed by atoms with Crippen molar-refractivity contribution in [3.8, 4) is 0 Å². The van der Waals surface area contributed by atoms with Gasteiger partial charge in [-0.3, -0.25) is 9.98 Å². The van der Waals surface area contributed by atoms with E-state index in [1.165, 1.54) is 22.3 Å². The van der Waals surface area contributed by atoms with Gasteiger partial charge in [0, 0.05) is 25.2 Å². The normalized spacial score (nSPS) is 23.3. The average molecular weight is 240 g/mol. The summed E-state index contributed by atoms with van der Waals surface area (Å²) in [5.41, 5.74) is 7.27. The van der Waals surface area contributed by atoms with Gasteiger partial charge in [0.05, 0.1) is 11.4 Å². The van der Waals surface area contributed by atoms with E-state index in [0.29, 0.717) is 0 Å². The molecule has 2 aliphatic carbocycles. The molecule has 0 aromatic heterocycles. The van der Waals surface area contributed by atoms with Crippen LogP contribution < -0.4 is 0 Å². The van der Waals surface area contributed by atoms with E-state index in [1.807, 2.05) is 14.1 Å². The summed E-state index contributed by atoms with van der Waals surface area (Å²) in [6, 6.07) is 0. The van der Waals surface area contributed by atoms with Crippen molar-refractivity contribution < 1.29 is 0 Å². The maximum absolute atomic E-state index is 4.46. The number of rotatable bonds is 2. The predicted octanol–water partition coefficient (Wildman–Crippen LogP) is 3.68. The molecular formula is C16H20N2. The summed E-state index contributed by atoms with van der Waals surface area (Å²) in [4.78, 5) is 8.92. The molecule has 0 atom stereocenters. The quantitative estimate of drug-likeness (QED) is 0.703. The highest BCUT2D eigenvalue weighted by molar-refractivity contribution is 6.28. The highest BCUT2D eigenvalue weighted by Gasteiger charge is 2.25. The Morgan fingerprint density at radius 2 is 1.11 bits per heavy atom. The highest BCUT2D eigenvalue weighted by Crippen LogP contribution is 2.31. The van der Waals surface area contributed by atoms with Crippen molar-refractivity contribution in [1.82, 2.24) is 0 Å². The Balaban J connectivity index is 2.58. The Bertz CT molecular complexity index is 487. The molecule has 0 fully saturated rings. The first kappa shape index (κ1) is 12.7. The molecule has 18 heavy (non-hydrogen) atoms. The molecular weight excluding hydrogens is 220 g/mol. The van der Waals surface area contributed by atoms with Crippen molar-refractivity contribution in [1.29, 1.82) is 0 Å². The van der Waals surface area contributed by atoms with Crippen LogP contribution in [-0.4, -0.2) is 25.5 Å². The topological polar surface area (TPSA) is 24.7 Å². The first-order valence-corrected chi connectivity index (χ1v) is 6.53. The van der Waals surface area contributed by atoms with Gasteiger partial charge in [0.2, 0.25) is 0 Å². The fourth-order valence-electron chi connectivity index (χ4n) is 2.56. The van der Waals surface area contributed by atoms with Crippen LogP contribution >= 0.6 is 0 Å². The van der Waals surface area contributed by atoms with Crippen LogP contribution in [0.2, 0.25) is 0 Å². The number of hydrogen-bond donors (Lipinski definition) is 0. The van der Waals surface area contributed by atoms with Gasteiger partial charge in [-0.15, -0.1) is 0 Å². The molecule has 0 aromatic carbocycles. The van der Waals surface area contributed by atoms with E-state index in [4.69, 9.17) is 0 Å². The third-order valence-electron chi connectivity index (χ3n) is 3.52. The largest absolute Gasteiger partial charge is 0.288 e. The molecule has 94 valence electrons. The Labute approximate surface area is 109 Å². The zero-order chi connectivity index (χ0) is 13.1. The molecule has 0 radical (unpaired) electrons. The first-order valence-electron chi connectivity index (χ1n) is 6.53. The van der Waals surface area contributed by atoms with Crippen LogP contribution in [-0.2, 0) is 0 Å². The van der Waals surface area contributed by atoms with Gasteiger partial charge in [-0.05, 0) is 24.0 Å². The second-order valence-electron chi connectivity index (χ2n) is 4.40. The molecule has 0 aromatic rings. The molecule has 0 unspecified atom stereocenters. The minimum atomic E-state index is 1.01. The molecule has 0 saturated heterocycles. The predicted molar refractivity (Wildman–Crippen MR) is 79.6 cm³/mol. The lowest BCUT2D eigenvalue weighted by molar-refractivity contribution is 1.14. The van der Waals surface area contributed by atoms with Gasteiger partial charge >= 0.3 is 0 Å². The van der Waals surface area contributed by atoms with Crippen LogP contribution in [0.3, 0.4) is 0 Å². The molecule has 2 nitrogen and oxygen atoms in total. The van der Waals surface area contributed by atoms with Crippen LogP contribution in [0.15, 0.2) is 56.6 Å². The number of hydrogen-bond acceptors (Lipinski definition) is 2. The second kappa shape index (κ2) is 5.30. The molecule has 2 heteroatoms. The summed E-state index contributed by atoms with van der Waals surface area (Å²) in [5, 5.41) is 0. The number of fused-ring (bicyclic) bond motifs is 1. The van der Waals surface area contributed by atoms with E-state index in [2.05, 4.69) is 48.1 Å². The molecule has 2 aliphatic rings. The van der Waals surface area contributed by atoms with Crippen molar-refractivity contribution >= 4 is 11.4 Å². The maximum atomic E-state index is 4.46.